The van der Waals surface area contributed by atoms with E-state index in [4.69, 9.17) is 18.9 Å². The molecule has 1 saturated heterocycles. The van der Waals surface area contributed by atoms with Gasteiger partial charge in [-0.1, -0.05) is 50.1 Å². The first-order valence-electron chi connectivity index (χ1n) is 15.4. The molecule has 2 fully saturated rings. The first-order chi connectivity index (χ1) is 21.0. The van der Waals surface area contributed by atoms with Crippen LogP contribution < -0.4 is 10.1 Å². The topological polar surface area (TPSA) is 115 Å². The van der Waals surface area contributed by atoms with Crippen LogP contribution in [0.5, 0.6) is 5.75 Å². The third-order valence-corrected chi connectivity index (χ3v) is 8.77. The highest BCUT2D eigenvalue weighted by atomic mass is 16.5. The Balaban J connectivity index is 1.23. The molecule has 2 aromatic heterocycles. The minimum Gasteiger partial charge on any atom is -0.493 e. The van der Waals surface area contributed by atoms with E-state index in [0.717, 1.165) is 42.5 Å². The second-order valence-electron chi connectivity index (χ2n) is 11.6. The van der Waals surface area contributed by atoms with Crippen molar-refractivity contribution in [3.8, 4) is 17.0 Å². The van der Waals surface area contributed by atoms with E-state index < -0.39 is 5.60 Å². The van der Waals surface area contributed by atoms with Gasteiger partial charge in [0, 0.05) is 57.3 Å². The lowest BCUT2D eigenvalue weighted by molar-refractivity contribution is -0.0893. The van der Waals surface area contributed by atoms with Crippen molar-refractivity contribution in [1.29, 1.82) is 0 Å². The molecular formula is C33H41N5O5. The lowest BCUT2D eigenvalue weighted by Crippen LogP contribution is -2.54. The van der Waals surface area contributed by atoms with Crippen LogP contribution in [0.15, 0.2) is 59.3 Å². The number of nitrogens with one attached hydrogen (secondary N) is 1. The third kappa shape index (κ3) is 6.04. The summed E-state index contributed by atoms with van der Waals surface area (Å²) in [7, 11) is 1.62. The van der Waals surface area contributed by atoms with Gasteiger partial charge in [-0.25, -0.2) is 9.97 Å². The summed E-state index contributed by atoms with van der Waals surface area (Å²) in [6, 6.07) is 15.3. The number of carbonyl (C=O) groups is 1. The van der Waals surface area contributed by atoms with Crippen molar-refractivity contribution in [1.82, 2.24) is 24.8 Å². The lowest BCUT2D eigenvalue weighted by Gasteiger charge is -2.41. The van der Waals surface area contributed by atoms with Gasteiger partial charge >= 0.3 is 0 Å². The number of piperazine rings is 1. The smallest absolute Gasteiger partial charge is 0.275 e. The molecule has 6 rings (SSSR count). The molecule has 10 heteroatoms. The van der Waals surface area contributed by atoms with Gasteiger partial charge in [0.25, 0.3) is 5.91 Å². The first kappa shape index (κ1) is 29.3. The van der Waals surface area contributed by atoms with Crippen LogP contribution in [-0.4, -0.2) is 82.0 Å². The number of methoxy groups -OCH3 is 1. The fourth-order valence-corrected chi connectivity index (χ4v) is 6.58. The molecule has 0 bridgehead atoms. The molecule has 2 aliphatic rings. The van der Waals surface area contributed by atoms with Gasteiger partial charge in [-0.2, -0.15) is 0 Å². The van der Waals surface area contributed by atoms with Gasteiger partial charge in [0.1, 0.15) is 16.9 Å². The average Bonchev–Trinajstić information content (AvgIpc) is 3.66. The molecule has 1 saturated carbocycles. The molecule has 0 spiro atoms. The zero-order chi connectivity index (χ0) is 29.8. The summed E-state index contributed by atoms with van der Waals surface area (Å²) in [6.07, 6.45) is 6.49. The Morgan fingerprint density at radius 2 is 2.07 bits per heavy atom. The number of hydrogen-bond acceptors (Lipinski definition) is 8. The molecule has 228 valence electrons. The normalized spacial score (nSPS) is 22.6. The zero-order valence-electron chi connectivity index (χ0n) is 25.0. The Bertz CT molecular complexity index is 1530. The van der Waals surface area contributed by atoms with Gasteiger partial charge in [-0.15, -0.1) is 0 Å². The second-order valence-corrected chi connectivity index (χ2v) is 11.6. The second kappa shape index (κ2) is 12.9. The van der Waals surface area contributed by atoms with Crippen molar-refractivity contribution in [3.05, 3.63) is 66.4 Å². The molecule has 3 atom stereocenters. The van der Waals surface area contributed by atoms with Gasteiger partial charge in [0.2, 0.25) is 0 Å². The van der Waals surface area contributed by atoms with Crippen molar-refractivity contribution < 1.29 is 23.8 Å². The molecule has 0 radical (unpaired) electrons. The van der Waals surface area contributed by atoms with Crippen LogP contribution >= 0.6 is 0 Å². The molecule has 2 N–H and O–H groups in total. The van der Waals surface area contributed by atoms with Crippen LogP contribution in [0, 0.1) is 0 Å². The number of aromatic nitrogens is 3. The maximum absolute atomic E-state index is 14.3. The van der Waals surface area contributed by atoms with E-state index in [9.17, 15) is 9.90 Å². The number of benzene rings is 2. The van der Waals surface area contributed by atoms with Crippen LogP contribution in [-0.2, 0) is 11.2 Å². The number of imidazole rings is 1. The van der Waals surface area contributed by atoms with Gasteiger partial charge in [-0.3, -0.25) is 4.79 Å². The van der Waals surface area contributed by atoms with E-state index in [0.29, 0.717) is 62.0 Å². The highest BCUT2D eigenvalue weighted by Crippen LogP contribution is 2.41. The molecule has 4 aromatic rings. The standard InChI is InChI=1S/C33H41N5O5/c1-3-29-36-26-13-12-25(19-27(26)43-29)42-18-14-24-20-34-16-17-37(24)32(39)30-31(23-9-5-4-6-10-23)38(22-35-30)28-11-7-8-15-33(28,40)21-41-2/h4-6,9-10,12-13,19,22,24,28,34,40H,3,7-8,11,14-18,20-21H2,1-2H3/t24-,28-,33-/m1/s1. The molecule has 10 nitrogen and oxygen atoms in total. The Morgan fingerprint density at radius 3 is 2.88 bits per heavy atom. The molecule has 43 heavy (non-hydrogen) atoms. The number of nitrogens with zero attached hydrogens (tertiary/aromatic N) is 4. The van der Waals surface area contributed by atoms with E-state index in [2.05, 4.69) is 10.3 Å². The van der Waals surface area contributed by atoms with E-state index in [1.165, 1.54) is 0 Å². The highest BCUT2D eigenvalue weighted by Gasteiger charge is 2.42. The number of fused-ring (bicyclic) bond motifs is 1. The number of ether oxygens (including phenoxy) is 2. The fourth-order valence-electron chi connectivity index (χ4n) is 6.58. The Kier molecular flexibility index (Phi) is 8.78. The van der Waals surface area contributed by atoms with Crippen molar-refractivity contribution in [2.45, 2.75) is 63.1 Å². The molecule has 0 unspecified atom stereocenters. The van der Waals surface area contributed by atoms with Crippen LogP contribution in [0.2, 0.25) is 0 Å². The molecule has 1 amide bonds. The number of aryl methyl sites for hydroxylation is 1. The Labute approximate surface area is 252 Å². The van der Waals surface area contributed by atoms with Gasteiger partial charge in [0.05, 0.1) is 31.3 Å². The maximum Gasteiger partial charge on any atom is 0.275 e. The average molecular weight is 588 g/mol. The highest BCUT2D eigenvalue weighted by molar-refractivity contribution is 5.98. The molecule has 1 aliphatic carbocycles. The van der Waals surface area contributed by atoms with Gasteiger partial charge in [0.15, 0.2) is 17.2 Å². The van der Waals surface area contributed by atoms with Crippen LogP contribution in [0.25, 0.3) is 22.4 Å². The Hall–Kier alpha value is -3.73. The number of oxazole rings is 1. The summed E-state index contributed by atoms with van der Waals surface area (Å²) in [4.78, 5) is 25.4. The minimum absolute atomic E-state index is 0.0594. The van der Waals surface area contributed by atoms with Crippen molar-refractivity contribution in [2.75, 3.05) is 40.0 Å². The molecule has 1 aliphatic heterocycles. The summed E-state index contributed by atoms with van der Waals surface area (Å²) in [5.74, 6) is 1.32. The number of hydrogen-bond donors (Lipinski definition) is 2. The largest absolute Gasteiger partial charge is 0.493 e. The Morgan fingerprint density at radius 1 is 1.21 bits per heavy atom. The van der Waals surface area contributed by atoms with Crippen molar-refractivity contribution >= 4 is 17.0 Å². The minimum atomic E-state index is -1.03. The molecular weight excluding hydrogens is 546 g/mol. The summed E-state index contributed by atoms with van der Waals surface area (Å²) < 4.78 is 19.4. The summed E-state index contributed by atoms with van der Waals surface area (Å²) in [5.41, 5.74) is 2.56. The van der Waals surface area contributed by atoms with E-state index in [1.54, 1.807) is 13.4 Å². The SMILES string of the molecule is CCc1nc2ccc(OCC[C@@H]3CNCCN3C(=O)c3ncn([C@@H]4CCCC[C@@]4(O)COC)c3-c3ccccc3)cc2o1. The van der Waals surface area contributed by atoms with Crippen LogP contribution in [0.3, 0.4) is 0 Å². The fraction of sp³-hybridized carbons (Fsp3) is 0.485. The summed E-state index contributed by atoms with van der Waals surface area (Å²) in [5, 5.41) is 15.1. The van der Waals surface area contributed by atoms with Gasteiger partial charge in [-0.05, 0) is 25.0 Å². The quantitative estimate of drug-likeness (QED) is 0.276. The zero-order valence-corrected chi connectivity index (χ0v) is 25.0. The van der Waals surface area contributed by atoms with E-state index in [1.807, 2.05) is 64.9 Å². The number of amides is 1. The van der Waals surface area contributed by atoms with E-state index in [-0.39, 0.29) is 24.6 Å². The predicted octanol–water partition coefficient (Wildman–Crippen LogP) is 4.63. The number of aliphatic hydroxyl groups is 1. The maximum atomic E-state index is 14.3. The predicted molar refractivity (Wildman–Crippen MR) is 163 cm³/mol. The lowest BCUT2D eigenvalue weighted by atomic mass is 9.80. The van der Waals surface area contributed by atoms with Crippen molar-refractivity contribution in [3.63, 3.8) is 0 Å². The van der Waals surface area contributed by atoms with E-state index >= 15 is 0 Å². The number of carbonyl (C=O) groups excluding carboxylic acids is 1. The van der Waals surface area contributed by atoms with Crippen LogP contribution in [0.1, 0.15) is 61.4 Å². The number of rotatable bonds is 10. The molecule has 2 aromatic carbocycles. The summed E-state index contributed by atoms with van der Waals surface area (Å²) >= 11 is 0. The first-order valence-corrected chi connectivity index (χ1v) is 15.4. The summed E-state index contributed by atoms with van der Waals surface area (Å²) in [6.45, 7) is 4.65. The van der Waals surface area contributed by atoms with Crippen molar-refractivity contribution in [2.24, 2.45) is 0 Å². The monoisotopic (exact) mass is 587 g/mol. The van der Waals surface area contributed by atoms with Gasteiger partial charge < -0.3 is 33.8 Å². The molecule has 3 heterocycles. The van der Waals surface area contributed by atoms with Crippen LogP contribution in [0.4, 0.5) is 0 Å². The third-order valence-electron chi connectivity index (χ3n) is 8.77.